The highest BCUT2D eigenvalue weighted by molar-refractivity contribution is 7.92. The molecule has 6 aromatic carbocycles. The fourth-order valence-corrected chi connectivity index (χ4v) is 10.0. The summed E-state index contributed by atoms with van der Waals surface area (Å²) in [6.07, 6.45) is 0. The molecule has 0 spiro atoms. The molecule has 57 heavy (non-hydrogen) atoms. The molecule has 0 aliphatic heterocycles. The van der Waals surface area contributed by atoms with Gasteiger partial charge >= 0.3 is 0 Å². The lowest BCUT2D eigenvalue weighted by Crippen LogP contribution is -2.20. The number of aromatic nitrogens is 4. The summed E-state index contributed by atoms with van der Waals surface area (Å²) in [6, 6.07) is 32.4. The highest BCUT2D eigenvalue weighted by atomic mass is 35.5. The maximum Gasteiger partial charge on any atom is 0.192 e. The molecule has 8 rings (SSSR count). The number of imidazole rings is 2. The summed E-state index contributed by atoms with van der Waals surface area (Å²) in [5, 5.41) is -1.68. The van der Waals surface area contributed by atoms with Crippen LogP contribution in [0.3, 0.4) is 0 Å². The van der Waals surface area contributed by atoms with Gasteiger partial charge in [-0.2, -0.15) is 0 Å². The number of halogens is 6. The number of fused-ring (bicyclic) bond motifs is 2. The molecular weight excluding hydrogens is 820 g/mol. The van der Waals surface area contributed by atoms with E-state index in [2.05, 4.69) is 9.97 Å². The van der Waals surface area contributed by atoms with Gasteiger partial charge in [0.1, 0.15) is 40.2 Å². The van der Waals surface area contributed by atoms with Crippen molar-refractivity contribution in [1.82, 2.24) is 19.1 Å². The van der Waals surface area contributed by atoms with Crippen LogP contribution < -0.4 is 0 Å². The van der Waals surface area contributed by atoms with Gasteiger partial charge in [-0.3, -0.25) is 4.21 Å². The molecule has 0 bridgehead atoms. The molecule has 0 fully saturated rings. The lowest BCUT2D eigenvalue weighted by molar-refractivity contribution is 0.564. The van der Waals surface area contributed by atoms with Gasteiger partial charge in [-0.05, 0) is 109 Å². The molecule has 8 aromatic rings. The summed E-state index contributed by atoms with van der Waals surface area (Å²) in [7, 11) is -2.50. The summed E-state index contributed by atoms with van der Waals surface area (Å²) < 4.78 is 101. The monoisotopic (exact) mass is 848 g/mol. The van der Waals surface area contributed by atoms with Crippen molar-refractivity contribution in [2.24, 2.45) is 14.1 Å². The zero-order valence-corrected chi connectivity index (χ0v) is 33.1. The number of benzene rings is 6. The fraction of sp³-hybridized carbons (Fsp3) is 0.0952. The second kappa shape index (κ2) is 16.3. The van der Waals surface area contributed by atoms with Gasteiger partial charge < -0.3 is 9.13 Å². The molecule has 0 radical (unpaired) electrons. The third kappa shape index (κ3) is 7.97. The Bertz CT molecular complexity index is 2910. The van der Waals surface area contributed by atoms with Gasteiger partial charge in [-0.25, -0.2) is 35.9 Å². The Balaban J connectivity index is 0.000000174. The molecule has 0 amide bonds. The minimum Gasteiger partial charge on any atom is -0.330 e. The van der Waals surface area contributed by atoms with Gasteiger partial charge in [0.25, 0.3) is 0 Å². The van der Waals surface area contributed by atoms with Crippen molar-refractivity contribution in [2.75, 3.05) is 0 Å². The van der Waals surface area contributed by atoms with Crippen LogP contribution in [0.5, 0.6) is 0 Å². The number of para-hydroxylation sites is 4. The van der Waals surface area contributed by atoms with E-state index in [4.69, 9.17) is 23.2 Å². The van der Waals surface area contributed by atoms with E-state index >= 15 is 0 Å². The van der Waals surface area contributed by atoms with Crippen LogP contribution >= 0.6 is 23.2 Å². The number of aryl methyl sites for hydroxylation is 2. The first-order chi connectivity index (χ1) is 27.2. The predicted octanol–water partition coefficient (Wildman–Crippen LogP) is 10.5. The highest BCUT2D eigenvalue weighted by Crippen LogP contribution is 2.38. The van der Waals surface area contributed by atoms with Crippen molar-refractivity contribution in [1.29, 1.82) is 0 Å². The summed E-state index contributed by atoms with van der Waals surface area (Å²) >= 11 is 11.8. The Morgan fingerprint density at radius 1 is 0.596 bits per heavy atom. The first kappa shape index (κ1) is 39.9. The van der Waals surface area contributed by atoms with Crippen LogP contribution in [0, 0.1) is 23.3 Å². The van der Waals surface area contributed by atoms with E-state index < -0.39 is 54.4 Å². The summed E-state index contributed by atoms with van der Waals surface area (Å²) in [5.74, 6) is -2.34. The van der Waals surface area contributed by atoms with Crippen molar-refractivity contribution in [2.45, 2.75) is 20.3 Å². The molecule has 290 valence electrons. The number of nitrogens with zero attached hydrogens (tertiary/aromatic N) is 4. The second-order valence-electron chi connectivity index (χ2n) is 12.9. The van der Waals surface area contributed by atoms with Gasteiger partial charge in [0.2, 0.25) is 0 Å². The average Bonchev–Trinajstić information content (AvgIpc) is 3.70. The molecule has 15 heteroatoms. The van der Waals surface area contributed by atoms with Crippen LogP contribution in [0.4, 0.5) is 17.6 Å². The third-order valence-corrected chi connectivity index (χ3v) is 13.5. The highest BCUT2D eigenvalue weighted by Gasteiger charge is 2.37. The normalized spacial score (nSPS) is 13.3. The van der Waals surface area contributed by atoms with Gasteiger partial charge in [0.05, 0.1) is 37.8 Å². The third-order valence-electron chi connectivity index (χ3n) is 9.31. The largest absolute Gasteiger partial charge is 0.330 e. The molecular formula is C42H30Cl2F4N4O3S2. The molecule has 0 aliphatic rings. The molecule has 3 unspecified atom stereocenters. The van der Waals surface area contributed by atoms with Crippen LogP contribution in [0.25, 0.3) is 22.1 Å². The van der Waals surface area contributed by atoms with Crippen molar-refractivity contribution >= 4 is 65.9 Å². The number of hydrogen-bond acceptors (Lipinski definition) is 5. The van der Waals surface area contributed by atoms with Crippen LogP contribution in [0.1, 0.15) is 33.3 Å². The van der Waals surface area contributed by atoms with Crippen molar-refractivity contribution in [3.63, 3.8) is 0 Å². The Morgan fingerprint density at radius 3 is 1.60 bits per heavy atom. The number of sulfone groups is 1. The lowest BCUT2D eigenvalue weighted by Gasteiger charge is -2.19. The minimum atomic E-state index is -4.18. The first-order valence-electron chi connectivity index (χ1n) is 17.1. The molecule has 0 saturated heterocycles. The van der Waals surface area contributed by atoms with Gasteiger partial charge in [0, 0.05) is 40.2 Å². The maximum absolute atomic E-state index is 14.7. The van der Waals surface area contributed by atoms with Crippen molar-refractivity contribution in [3.8, 4) is 0 Å². The van der Waals surface area contributed by atoms with E-state index in [0.29, 0.717) is 37.3 Å². The summed E-state index contributed by atoms with van der Waals surface area (Å²) in [5.41, 5.74) is 2.42. The Kier molecular flexibility index (Phi) is 11.4. The summed E-state index contributed by atoms with van der Waals surface area (Å²) in [4.78, 5) is 9.40. The standard InChI is InChI=1S/C21H15ClF2N2O2S.C21H15ClF2N2OS/c1-26-19-5-3-2-4-18(19)25-21(26)20(16-12-14(23)8-11-17(16)24)29(27,28)15-9-6-13(22)7-10-15;1-26-19-5-3-2-4-18(19)25-21(26)20(16-12-14(23)8-11-17(16)24)28(27)15-9-6-13(22)7-10-15/h2-12,20H,1H3;2-12,20H,1H3. The zero-order chi connectivity index (χ0) is 40.6. The molecule has 7 nitrogen and oxygen atoms in total. The van der Waals surface area contributed by atoms with Crippen molar-refractivity contribution < 1.29 is 30.2 Å². The van der Waals surface area contributed by atoms with E-state index in [9.17, 15) is 30.2 Å². The van der Waals surface area contributed by atoms with E-state index in [-0.39, 0.29) is 21.8 Å². The van der Waals surface area contributed by atoms with Crippen LogP contribution in [-0.4, -0.2) is 31.7 Å². The predicted molar refractivity (Wildman–Crippen MR) is 214 cm³/mol. The molecule has 0 N–H and O–H groups in total. The van der Waals surface area contributed by atoms with E-state index in [0.717, 1.165) is 41.9 Å². The molecule has 2 aromatic heterocycles. The van der Waals surface area contributed by atoms with E-state index in [1.54, 1.807) is 71.8 Å². The van der Waals surface area contributed by atoms with Crippen LogP contribution in [0.15, 0.2) is 143 Å². The quantitative estimate of drug-likeness (QED) is 0.142. The Morgan fingerprint density at radius 2 is 1.05 bits per heavy atom. The molecule has 2 heterocycles. The number of rotatable bonds is 8. The van der Waals surface area contributed by atoms with Gasteiger partial charge in [-0.15, -0.1) is 0 Å². The average molecular weight is 850 g/mol. The molecule has 0 saturated carbocycles. The molecule has 0 aliphatic carbocycles. The second-order valence-corrected chi connectivity index (χ2v) is 17.3. The zero-order valence-electron chi connectivity index (χ0n) is 30.0. The summed E-state index contributed by atoms with van der Waals surface area (Å²) in [6.45, 7) is 0. The van der Waals surface area contributed by atoms with Gasteiger partial charge in [-0.1, -0.05) is 47.5 Å². The smallest absolute Gasteiger partial charge is 0.192 e. The SMILES string of the molecule is Cn1c(C(c2cc(F)ccc2F)S(=O)(=O)c2ccc(Cl)cc2)nc2ccccc21.Cn1c(C(c2cc(F)ccc2F)S(=O)c2ccc(Cl)cc2)nc2ccccc21. The van der Waals surface area contributed by atoms with Gasteiger partial charge in [0.15, 0.2) is 15.1 Å². The molecule has 3 atom stereocenters. The van der Waals surface area contributed by atoms with E-state index in [1.807, 2.05) is 24.3 Å². The maximum atomic E-state index is 14.7. The lowest BCUT2D eigenvalue weighted by atomic mass is 10.1. The Hall–Kier alpha value is -5.34. The minimum absolute atomic E-state index is 0.00769. The van der Waals surface area contributed by atoms with Crippen LogP contribution in [-0.2, 0) is 34.7 Å². The fourth-order valence-electron chi connectivity index (χ4n) is 6.49. The Labute approximate surface area is 337 Å². The van der Waals surface area contributed by atoms with Crippen LogP contribution in [0.2, 0.25) is 10.0 Å². The van der Waals surface area contributed by atoms with E-state index in [1.165, 1.54) is 24.3 Å². The van der Waals surface area contributed by atoms with Crippen molar-refractivity contribution in [3.05, 3.63) is 190 Å². The first-order valence-corrected chi connectivity index (χ1v) is 20.6. The topological polar surface area (TPSA) is 86.9 Å². The number of hydrogen-bond donors (Lipinski definition) is 0.